The van der Waals surface area contributed by atoms with Crippen LogP contribution < -0.4 is 5.32 Å². The van der Waals surface area contributed by atoms with Crippen LogP contribution in [0.15, 0.2) is 18.2 Å². The third-order valence-corrected chi connectivity index (χ3v) is 2.23. The summed E-state index contributed by atoms with van der Waals surface area (Å²) in [5.41, 5.74) is 0.471. The summed E-state index contributed by atoms with van der Waals surface area (Å²) in [7, 11) is 0. The van der Waals surface area contributed by atoms with Crippen LogP contribution in [0.5, 0.6) is 0 Å². The van der Waals surface area contributed by atoms with Crippen LogP contribution in [0.4, 0.5) is 11.4 Å². The molecule has 1 atom stereocenters. The first-order valence-corrected chi connectivity index (χ1v) is 5.20. The molecule has 6 nitrogen and oxygen atoms in total. The van der Waals surface area contributed by atoms with Crippen LogP contribution in [-0.2, 0) is 0 Å². The Kier molecular flexibility index (Phi) is 4.59. The highest BCUT2D eigenvalue weighted by Crippen LogP contribution is 2.24. The number of rotatable bonds is 6. The number of hydrogen-bond acceptors (Lipinski definition) is 5. The van der Waals surface area contributed by atoms with Crippen LogP contribution in [0, 0.1) is 10.1 Å². The lowest BCUT2D eigenvalue weighted by Crippen LogP contribution is -2.10. The molecule has 6 heteroatoms. The van der Waals surface area contributed by atoms with Gasteiger partial charge >= 0.3 is 0 Å². The Hall–Kier alpha value is -1.95. The van der Waals surface area contributed by atoms with Crippen molar-refractivity contribution in [2.45, 2.75) is 19.4 Å². The summed E-state index contributed by atoms with van der Waals surface area (Å²) < 4.78 is 0. The number of aliphatic hydroxyl groups is 1. The fraction of sp³-hybridized carbons (Fsp3) is 0.364. The lowest BCUT2D eigenvalue weighted by Gasteiger charge is -2.08. The molecule has 92 valence electrons. The molecule has 0 bridgehead atoms. The molecule has 0 aliphatic rings. The molecule has 1 aromatic rings. The number of hydrogen-bond donors (Lipinski definition) is 2. The van der Waals surface area contributed by atoms with E-state index < -0.39 is 11.0 Å². The van der Waals surface area contributed by atoms with Gasteiger partial charge in [-0.25, -0.2) is 0 Å². The monoisotopic (exact) mass is 238 g/mol. The van der Waals surface area contributed by atoms with Crippen LogP contribution in [0.1, 0.15) is 23.7 Å². The molecule has 0 heterocycles. The zero-order valence-electron chi connectivity index (χ0n) is 9.42. The van der Waals surface area contributed by atoms with E-state index in [4.69, 9.17) is 5.11 Å². The molecule has 0 aromatic heterocycles. The van der Waals surface area contributed by atoms with E-state index in [0.29, 0.717) is 24.9 Å². The molecule has 0 spiro atoms. The zero-order chi connectivity index (χ0) is 12.8. The fourth-order valence-corrected chi connectivity index (χ4v) is 1.34. The van der Waals surface area contributed by atoms with Crippen molar-refractivity contribution in [3.8, 4) is 0 Å². The fourth-order valence-electron chi connectivity index (χ4n) is 1.34. The number of nitro benzene ring substituents is 1. The number of carbonyl (C=O) groups excluding carboxylic acids is 1. The van der Waals surface area contributed by atoms with Crippen molar-refractivity contribution >= 4 is 17.7 Å². The second kappa shape index (κ2) is 5.95. The maximum atomic E-state index is 10.8. The second-order valence-electron chi connectivity index (χ2n) is 3.72. The van der Waals surface area contributed by atoms with E-state index in [2.05, 4.69) is 5.32 Å². The van der Waals surface area contributed by atoms with Crippen molar-refractivity contribution in [1.29, 1.82) is 0 Å². The molecule has 17 heavy (non-hydrogen) atoms. The van der Waals surface area contributed by atoms with Crippen molar-refractivity contribution in [3.63, 3.8) is 0 Å². The summed E-state index contributed by atoms with van der Waals surface area (Å²) in [5.74, 6) is 0. The Labute approximate surface area is 98.4 Å². The maximum Gasteiger partial charge on any atom is 0.293 e. The third kappa shape index (κ3) is 3.84. The van der Waals surface area contributed by atoms with E-state index in [9.17, 15) is 14.9 Å². The van der Waals surface area contributed by atoms with E-state index >= 15 is 0 Å². The van der Waals surface area contributed by atoms with E-state index in [1.807, 2.05) is 0 Å². The van der Waals surface area contributed by atoms with Crippen molar-refractivity contribution in [3.05, 3.63) is 33.9 Å². The number of nitrogens with one attached hydrogen (secondary N) is 1. The summed E-state index contributed by atoms with van der Waals surface area (Å²) in [4.78, 5) is 20.8. The number of nitro groups is 1. The molecule has 0 saturated heterocycles. The first-order valence-electron chi connectivity index (χ1n) is 5.20. The average molecular weight is 238 g/mol. The lowest BCUT2D eigenvalue weighted by molar-refractivity contribution is -0.384. The molecule has 1 unspecified atom stereocenters. The molecule has 2 N–H and O–H groups in total. The molecule has 1 rings (SSSR count). The highest BCUT2D eigenvalue weighted by Gasteiger charge is 2.14. The number of carbonyl (C=O) groups is 1. The summed E-state index contributed by atoms with van der Waals surface area (Å²) in [5, 5.41) is 22.7. The van der Waals surface area contributed by atoms with Crippen LogP contribution in [0.25, 0.3) is 0 Å². The van der Waals surface area contributed by atoms with Gasteiger partial charge in [-0.3, -0.25) is 14.9 Å². The number of aldehydes is 1. The van der Waals surface area contributed by atoms with Gasteiger partial charge in [-0.2, -0.15) is 0 Å². The Balaban J connectivity index is 2.83. The van der Waals surface area contributed by atoms with E-state index in [1.54, 1.807) is 6.92 Å². The maximum absolute atomic E-state index is 10.8. The first-order chi connectivity index (χ1) is 8.04. The first kappa shape index (κ1) is 13.1. The highest BCUT2D eigenvalue weighted by atomic mass is 16.6. The van der Waals surface area contributed by atoms with Gasteiger partial charge in [0, 0.05) is 18.2 Å². The standard InChI is InChI=1S/C11H14N2O4/c1-8(15)4-5-12-10-3-2-9(7-14)6-11(10)13(16)17/h2-3,6-8,12,15H,4-5H2,1H3. The number of aliphatic hydroxyl groups excluding tert-OH is 1. The van der Waals surface area contributed by atoms with Crippen LogP contribution >= 0.6 is 0 Å². The largest absolute Gasteiger partial charge is 0.393 e. The molecule has 0 aliphatic carbocycles. The SMILES string of the molecule is CC(O)CCNc1ccc(C=O)cc1[N+](=O)[O-]. The third-order valence-electron chi connectivity index (χ3n) is 2.23. The van der Waals surface area contributed by atoms with Crippen molar-refractivity contribution in [1.82, 2.24) is 0 Å². The summed E-state index contributed by atoms with van der Waals surface area (Å²) in [6, 6.07) is 4.21. The summed E-state index contributed by atoms with van der Waals surface area (Å²) >= 11 is 0. The number of nitrogens with zero attached hydrogens (tertiary/aromatic N) is 1. The van der Waals surface area contributed by atoms with Crippen LogP contribution in [0.3, 0.4) is 0 Å². The van der Waals surface area contributed by atoms with Crippen molar-refractivity contribution in [2.24, 2.45) is 0 Å². The van der Waals surface area contributed by atoms with Gasteiger partial charge in [-0.15, -0.1) is 0 Å². The minimum atomic E-state index is -0.544. The predicted octanol–water partition coefficient (Wildman–Crippen LogP) is 1.59. The predicted molar refractivity (Wildman–Crippen MR) is 63.3 cm³/mol. The Bertz CT molecular complexity index is 418. The zero-order valence-corrected chi connectivity index (χ0v) is 9.42. The average Bonchev–Trinajstić information content (AvgIpc) is 2.28. The van der Waals surface area contributed by atoms with Gasteiger partial charge in [-0.05, 0) is 25.5 Å². The molecule has 0 amide bonds. The molecular formula is C11H14N2O4. The van der Waals surface area contributed by atoms with Gasteiger partial charge in [0.05, 0.1) is 11.0 Å². The van der Waals surface area contributed by atoms with E-state index in [-0.39, 0.29) is 11.3 Å². The molecule has 0 radical (unpaired) electrons. The normalized spacial score (nSPS) is 11.9. The van der Waals surface area contributed by atoms with Gasteiger partial charge in [0.2, 0.25) is 0 Å². The Morgan fingerprint density at radius 3 is 2.82 bits per heavy atom. The second-order valence-corrected chi connectivity index (χ2v) is 3.72. The molecule has 1 aromatic carbocycles. The minimum Gasteiger partial charge on any atom is -0.393 e. The minimum absolute atomic E-state index is 0.139. The number of benzene rings is 1. The molecular weight excluding hydrogens is 224 g/mol. The van der Waals surface area contributed by atoms with Crippen LogP contribution in [0.2, 0.25) is 0 Å². The van der Waals surface area contributed by atoms with E-state index in [0.717, 1.165) is 0 Å². The molecule has 0 aliphatic heterocycles. The summed E-state index contributed by atoms with van der Waals surface area (Å²) in [6.45, 7) is 2.07. The molecule has 0 saturated carbocycles. The number of anilines is 1. The van der Waals surface area contributed by atoms with Gasteiger partial charge in [-0.1, -0.05) is 0 Å². The van der Waals surface area contributed by atoms with E-state index in [1.165, 1.54) is 18.2 Å². The van der Waals surface area contributed by atoms with Gasteiger partial charge < -0.3 is 10.4 Å². The Morgan fingerprint density at radius 2 is 2.29 bits per heavy atom. The van der Waals surface area contributed by atoms with Gasteiger partial charge in [0.25, 0.3) is 5.69 Å². The van der Waals surface area contributed by atoms with Gasteiger partial charge in [0.1, 0.15) is 12.0 Å². The smallest absolute Gasteiger partial charge is 0.293 e. The van der Waals surface area contributed by atoms with Crippen LogP contribution in [-0.4, -0.2) is 29.0 Å². The Morgan fingerprint density at radius 1 is 1.59 bits per heavy atom. The van der Waals surface area contributed by atoms with Crippen molar-refractivity contribution < 1.29 is 14.8 Å². The lowest BCUT2D eigenvalue weighted by atomic mass is 10.2. The highest BCUT2D eigenvalue weighted by molar-refractivity contribution is 5.79. The quantitative estimate of drug-likeness (QED) is 0.446. The topological polar surface area (TPSA) is 92.5 Å². The molecule has 0 fully saturated rings. The van der Waals surface area contributed by atoms with Crippen molar-refractivity contribution in [2.75, 3.05) is 11.9 Å². The summed E-state index contributed by atoms with van der Waals surface area (Å²) in [6.07, 6.45) is 0.593. The van der Waals surface area contributed by atoms with Gasteiger partial charge in [0.15, 0.2) is 0 Å².